The monoisotopic (exact) mass is 308 g/mol. The molecule has 2 N–H and O–H groups in total. The maximum absolute atomic E-state index is 12.1. The molecule has 0 radical (unpaired) electrons. The van der Waals surface area contributed by atoms with E-state index in [-0.39, 0.29) is 6.09 Å². The number of hydrogen-bond acceptors (Lipinski definition) is 4. The lowest BCUT2D eigenvalue weighted by atomic mass is 10.0. The SMILES string of the molecule is Cc1c(CCN)cnn1C1CCN(C(=O)OC(C)(C)C)CC1. The lowest BCUT2D eigenvalue weighted by molar-refractivity contribution is 0.0184. The zero-order chi connectivity index (χ0) is 16.3. The van der Waals surface area contributed by atoms with E-state index in [4.69, 9.17) is 10.5 Å². The van der Waals surface area contributed by atoms with Gasteiger partial charge in [-0.15, -0.1) is 0 Å². The van der Waals surface area contributed by atoms with Gasteiger partial charge in [-0.25, -0.2) is 4.79 Å². The average Bonchev–Trinajstić information content (AvgIpc) is 2.79. The lowest BCUT2D eigenvalue weighted by Gasteiger charge is -2.33. The first-order chi connectivity index (χ1) is 10.3. The number of carbonyl (C=O) groups excluding carboxylic acids is 1. The number of ether oxygens (including phenoxy) is 1. The Kier molecular flexibility index (Phi) is 5.11. The van der Waals surface area contributed by atoms with Crippen molar-refractivity contribution in [3.8, 4) is 0 Å². The Morgan fingerprint density at radius 1 is 1.41 bits per heavy atom. The van der Waals surface area contributed by atoms with E-state index >= 15 is 0 Å². The number of hydrogen-bond donors (Lipinski definition) is 1. The molecule has 1 aromatic rings. The third kappa shape index (κ3) is 4.00. The topological polar surface area (TPSA) is 73.4 Å². The van der Waals surface area contributed by atoms with Crippen molar-refractivity contribution in [2.75, 3.05) is 19.6 Å². The summed E-state index contributed by atoms with van der Waals surface area (Å²) < 4.78 is 7.52. The highest BCUT2D eigenvalue weighted by atomic mass is 16.6. The van der Waals surface area contributed by atoms with E-state index in [2.05, 4.69) is 16.7 Å². The summed E-state index contributed by atoms with van der Waals surface area (Å²) in [6.07, 6.45) is 4.38. The Morgan fingerprint density at radius 2 is 2.05 bits per heavy atom. The van der Waals surface area contributed by atoms with Gasteiger partial charge in [-0.1, -0.05) is 0 Å². The highest BCUT2D eigenvalue weighted by molar-refractivity contribution is 5.68. The van der Waals surface area contributed by atoms with Crippen molar-refractivity contribution < 1.29 is 9.53 Å². The Balaban J connectivity index is 1.93. The van der Waals surface area contributed by atoms with Crippen molar-refractivity contribution >= 4 is 6.09 Å². The first-order valence-electron chi connectivity index (χ1n) is 8.03. The van der Waals surface area contributed by atoms with Crippen LogP contribution in [-0.4, -0.2) is 46.0 Å². The molecule has 0 aromatic carbocycles. The van der Waals surface area contributed by atoms with E-state index in [9.17, 15) is 4.79 Å². The molecule has 2 rings (SSSR count). The Labute approximate surface area is 132 Å². The van der Waals surface area contributed by atoms with Gasteiger partial charge in [0.1, 0.15) is 5.60 Å². The lowest BCUT2D eigenvalue weighted by Crippen LogP contribution is -2.42. The summed E-state index contributed by atoms with van der Waals surface area (Å²) in [5, 5.41) is 4.51. The van der Waals surface area contributed by atoms with Crippen LogP contribution in [-0.2, 0) is 11.2 Å². The molecule has 1 saturated heterocycles. The van der Waals surface area contributed by atoms with Crippen LogP contribution in [0.2, 0.25) is 0 Å². The number of nitrogens with two attached hydrogens (primary N) is 1. The van der Waals surface area contributed by atoms with E-state index in [1.165, 1.54) is 11.3 Å². The molecule has 0 unspecified atom stereocenters. The molecule has 6 nitrogen and oxygen atoms in total. The fourth-order valence-electron chi connectivity index (χ4n) is 2.85. The first-order valence-corrected chi connectivity index (χ1v) is 8.03. The van der Waals surface area contributed by atoms with Gasteiger partial charge in [-0.3, -0.25) is 4.68 Å². The first kappa shape index (κ1) is 16.8. The molecule has 1 fully saturated rings. The summed E-state index contributed by atoms with van der Waals surface area (Å²) in [5.41, 5.74) is 7.60. The quantitative estimate of drug-likeness (QED) is 0.929. The van der Waals surface area contributed by atoms with Gasteiger partial charge in [0, 0.05) is 18.8 Å². The molecule has 0 atom stereocenters. The van der Waals surface area contributed by atoms with Gasteiger partial charge in [0.25, 0.3) is 0 Å². The molecule has 22 heavy (non-hydrogen) atoms. The molecule has 0 spiro atoms. The largest absolute Gasteiger partial charge is 0.444 e. The van der Waals surface area contributed by atoms with Gasteiger partial charge < -0.3 is 15.4 Å². The van der Waals surface area contributed by atoms with Crippen LogP contribution in [0, 0.1) is 6.92 Å². The Hall–Kier alpha value is -1.56. The van der Waals surface area contributed by atoms with E-state index in [0.29, 0.717) is 25.7 Å². The predicted molar refractivity (Wildman–Crippen MR) is 85.8 cm³/mol. The standard InChI is InChI=1S/C16H28N4O2/c1-12-13(5-8-17)11-18-20(12)14-6-9-19(10-7-14)15(21)22-16(2,3)4/h11,14H,5-10,17H2,1-4H3. The molecular formula is C16H28N4O2. The summed E-state index contributed by atoms with van der Waals surface area (Å²) in [6.45, 7) is 9.84. The number of piperidine rings is 1. The maximum atomic E-state index is 12.1. The number of carbonyl (C=O) groups is 1. The number of aromatic nitrogens is 2. The van der Waals surface area contributed by atoms with Gasteiger partial charge >= 0.3 is 6.09 Å². The Morgan fingerprint density at radius 3 is 2.59 bits per heavy atom. The van der Waals surface area contributed by atoms with Gasteiger partial charge in [-0.2, -0.15) is 5.10 Å². The van der Waals surface area contributed by atoms with Crippen molar-refractivity contribution in [1.29, 1.82) is 0 Å². The van der Waals surface area contributed by atoms with E-state index in [1.807, 2.05) is 27.0 Å². The normalized spacial score (nSPS) is 16.9. The highest BCUT2D eigenvalue weighted by Gasteiger charge is 2.28. The molecular weight excluding hydrogens is 280 g/mol. The molecule has 6 heteroatoms. The van der Waals surface area contributed by atoms with Crippen molar-refractivity contribution in [2.45, 2.75) is 58.6 Å². The Bertz CT molecular complexity index is 511. The smallest absolute Gasteiger partial charge is 0.410 e. The molecule has 1 aliphatic rings. The van der Waals surface area contributed by atoms with E-state index in [0.717, 1.165) is 19.3 Å². The average molecular weight is 308 g/mol. The van der Waals surface area contributed by atoms with Crippen LogP contribution < -0.4 is 5.73 Å². The van der Waals surface area contributed by atoms with Crippen molar-refractivity contribution in [2.24, 2.45) is 5.73 Å². The molecule has 124 valence electrons. The van der Waals surface area contributed by atoms with E-state index < -0.39 is 5.60 Å². The van der Waals surface area contributed by atoms with Crippen molar-refractivity contribution in [1.82, 2.24) is 14.7 Å². The van der Waals surface area contributed by atoms with Crippen LogP contribution >= 0.6 is 0 Å². The number of nitrogens with zero attached hydrogens (tertiary/aromatic N) is 3. The van der Waals surface area contributed by atoms with Gasteiger partial charge in [0.15, 0.2) is 0 Å². The van der Waals surface area contributed by atoms with E-state index in [1.54, 1.807) is 4.90 Å². The summed E-state index contributed by atoms with van der Waals surface area (Å²) in [5.74, 6) is 0. The summed E-state index contributed by atoms with van der Waals surface area (Å²) in [4.78, 5) is 13.9. The molecule has 1 aromatic heterocycles. The summed E-state index contributed by atoms with van der Waals surface area (Å²) in [7, 11) is 0. The summed E-state index contributed by atoms with van der Waals surface area (Å²) in [6, 6.07) is 0.352. The molecule has 0 bridgehead atoms. The minimum atomic E-state index is -0.441. The molecule has 1 amide bonds. The van der Waals surface area contributed by atoms with Crippen LogP contribution in [0.5, 0.6) is 0 Å². The van der Waals surface area contributed by atoms with Crippen LogP contribution in [0.3, 0.4) is 0 Å². The second kappa shape index (κ2) is 6.69. The number of amides is 1. The zero-order valence-corrected chi connectivity index (χ0v) is 14.1. The molecule has 0 saturated carbocycles. The molecule has 1 aliphatic heterocycles. The van der Waals surface area contributed by atoms with Gasteiger partial charge in [0.2, 0.25) is 0 Å². The predicted octanol–water partition coefficient (Wildman–Crippen LogP) is 2.26. The highest BCUT2D eigenvalue weighted by Crippen LogP contribution is 2.25. The van der Waals surface area contributed by atoms with Crippen LogP contribution in [0.25, 0.3) is 0 Å². The van der Waals surface area contributed by atoms with Crippen molar-refractivity contribution in [3.63, 3.8) is 0 Å². The fraction of sp³-hybridized carbons (Fsp3) is 0.750. The van der Waals surface area contributed by atoms with Crippen LogP contribution in [0.15, 0.2) is 6.20 Å². The van der Waals surface area contributed by atoms with Crippen LogP contribution in [0.1, 0.15) is 50.9 Å². The third-order valence-electron chi connectivity index (χ3n) is 4.02. The maximum Gasteiger partial charge on any atom is 0.410 e. The summed E-state index contributed by atoms with van der Waals surface area (Å²) >= 11 is 0. The van der Waals surface area contributed by atoms with Crippen molar-refractivity contribution in [3.05, 3.63) is 17.5 Å². The second-order valence-electron chi connectivity index (χ2n) is 6.94. The second-order valence-corrected chi connectivity index (χ2v) is 6.94. The third-order valence-corrected chi connectivity index (χ3v) is 4.02. The number of likely N-dealkylation sites (tertiary alicyclic amines) is 1. The van der Waals surface area contributed by atoms with Gasteiger partial charge in [0.05, 0.1) is 12.2 Å². The molecule has 2 heterocycles. The fourth-order valence-corrected chi connectivity index (χ4v) is 2.85. The minimum Gasteiger partial charge on any atom is -0.444 e. The molecule has 0 aliphatic carbocycles. The van der Waals surface area contributed by atoms with Crippen LogP contribution in [0.4, 0.5) is 4.79 Å². The van der Waals surface area contributed by atoms with Gasteiger partial charge in [-0.05, 0) is 59.1 Å². The zero-order valence-electron chi connectivity index (χ0n) is 14.1. The number of rotatable bonds is 3. The minimum absolute atomic E-state index is 0.216.